The number of sulfonamides is 1. The smallest absolute Gasteiger partial charge is 0.243 e. The number of anilines is 1. The van der Waals surface area contributed by atoms with Crippen LogP contribution in [0.3, 0.4) is 0 Å². The number of thioether (sulfide) groups is 1. The van der Waals surface area contributed by atoms with Gasteiger partial charge in [0.2, 0.25) is 15.9 Å². The van der Waals surface area contributed by atoms with E-state index in [1.165, 1.54) is 30.0 Å². The van der Waals surface area contributed by atoms with Crippen molar-refractivity contribution in [2.75, 3.05) is 22.9 Å². The maximum atomic E-state index is 12.5. The van der Waals surface area contributed by atoms with Crippen LogP contribution in [0.25, 0.3) is 0 Å². The van der Waals surface area contributed by atoms with Gasteiger partial charge in [0.25, 0.3) is 0 Å². The summed E-state index contributed by atoms with van der Waals surface area (Å²) in [6.07, 6.45) is 7.17. The summed E-state index contributed by atoms with van der Waals surface area (Å²) in [5.41, 5.74) is 1.65. The minimum absolute atomic E-state index is 0.262. The number of nitrogens with zero attached hydrogens (tertiary/aromatic N) is 1. The van der Waals surface area contributed by atoms with Crippen LogP contribution in [-0.4, -0.2) is 44.2 Å². The second-order valence-electron chi connectivity index (χ2n) is 6.82. The third-order valence-electron chi connectivity index (χ3n) is 4.74. The zero-order valence-corrected chi connectivity index (χ0v) is 17.5. The summed E-state index contributed by atoms with van der Waals surface area (Å²) in [5.74, 6) is 0.606. The molecule has 1 amide bonds. The third-order valence-corrected chi connectivity index (χ3v) is 7.37. The van der Waals surface area contributed by atoms with E-state index in [-0.39, 0.29) is 5.91 Å². The molecule has 5 nitrogen and oxygen atoms in total. The summed E-state index contributed by atoms with van der Waals surface area (Å²) in [6.45, 7) is 4.24. The Labute approximate surface area is 162 Å². The van der Waals surface area contributed by atoms with Crippen molar-refractivity contribution in [3.05, 3.63) is 29.8 Å². The fraction of sp³-hybridized carbons (Fsp3) is 0.632. The van der Waals surface area contributed by atoms with E-state index in [1.54, 1.807) is 19.1 Å². The largest absolute Gasteiger partial charge is 0.353 e. The summed E-state index contributed by atoms with van der Waals surface area (Å²) < 4.78 is 25.8. The molecule has 0 bridgehead atoms. The molecule has 0 saturated heterocycles. The topological polar surface area (TPSA) is 66.5 Å². The summed E-state index contributed by atoms with van der Waals surface area (Å²) in [4.78, 5) is 12.5. The van der Waals surface area contributed by atoms with E-state index in [9.17, 15) is 13.2 Å². The Morgan fingerprint density at radius 3 is 2.42 bits per heavy atom. The Kier molecular flexibility index (Phi) is 7.83. The van der Waals surface area contributed by atoms with Crippen LogP contribution < -0.4 is 9.62 Å². The number of hydrogen-bond donors (Lipinski definition) is 1. The fourth-order valence-electron chi connectivity index (χ4n) is 3.29. The van der Waals surface area contributed by atoms with Crippen LogP contribution in [0.15, 0.2) is 24.3 Å². The zero-order chi connectivity index (χ0) is 19.2. The van der Waals surface area contributed by atoms with Crippen LogP contribution in [0.5, 0.6) is 0 Å². The molecule has 1 aromatic rings. The number of carbonyl (C=O) groups is 1. The predicted octanol–water partition coefficient (Wildman–Crippen LogP) is 3.20. The highest BCUT2D eigenvalue weighted by Gasteiger charge is 2.28. The van der Waals surface area contributed by atoms with Gasteiger partial charge in [0.15, 0.2) is 0 Å². The highest BCUT2D eigenvalue weighted by molar-refractivity contribution is 7.99. The monoisotopic (exact) mass is 398 g/mol. The number of aryl methyl sites for hydroxylation is 1. The number of carbonyl (C=O) groups excluding carboxylic acids is 1. The van der Waals surface area contributed by atoms with Gasteiger partial charge < -0.3 is 5.32 Å². The number of amides is 1. The Morgan fingerprint density at radius 2 is 1.88 bits per heavy atom. The first kappa shape index (κ1) is 21.1. The summed E-state index contributed by atoms with van der Waals surface area (Å²) in [6, 6.07) is 6.54. The maximum absolute atomic E-state index is 12.5. The Morgan fingerprint density at radius 1 is 1.27 bits per heavy atom. The molecule has 2 rings (SSSR count). The van der Waals surface area contributed by atoms with Crippen LogP contribution in [0.1, 0.15) is 45.1 Å². The molecular weight excluding hydrogens is 368 g/mol. The van der Waals surface area contributed by atoms with Crippen molar-refractivity contribution in [1.29, 1.82) is 0 Å². The molecule has 7 heteroatoms. The lowest BCUT2D eigenvalue weighted by molar-refractivity contribution is -0.121. The molecule has 146 valence electrons. The minimum atomic E-state index is -3.56. The lowest BCUT2D eigenvalue weighted by atomic mass is 10.1. The van der Waals surface area contributed by atoms with Crippen LogP contribution in [0, 0.1) is 0 Å². The van der Waals surface area contributed by atoms with E-state index in [0.717, 1.165) is 24.0 Å². The standard InChI is InChI=1S/C19H30N2O3S2/c1-4-16-9-11-17(12-10-16)21(26(3,23)24)15(2)19(22)20-13-14-25-18-7-5-6-8-18/h9-12,15,18H,4-8,13-14H2,1-3H3,(H,20,22)/t15-/m0/s1. The molecule has 1 aromatic carbocycles. The molecule has 1 fully saturated rings. The fourth-order valence-corrected chi connectivity index (χ4v) is 5.68. The van der Waals surface area contributed by atoms with E-state index in [0.29, 0.717) is 17.5 Å². The Hall–Kier alpha value is -1.21. The summed E-state index contributed by atoms with van der Waals surface area (Å²) in [7, 11) is -3.56. The average molecular weight is 399 g/mol. The molecule has 0 aromatic heterocycles. The van der Waals surface area contributed by atoms with Crippen molar-refractivity contribution in [3.8, 4) is 0 Å². The molecule has 1 saturated carbocycles. The van der Waals surface area contributed by atoms with Gasteiger partial charge in [0.1, 0.15) is 6.04 Å². The highest BCUT2D eigenvalue weighted by atomic mass is 32.2. The van der Waals surface area contributed by atoms with Crippen LogP contribution in [-0.2, 0) is 21.2 Å². The molecule has 0 aliphatic heterocycles. The van der Waals surface area contributed by atoms with Crippen LogP contribution >= 0.6 is 11.8 Å². The van der Waals surface area contributed by atoms with Gasteiger partial charge in [0, 0.05) is 17.5 Å². The van der Waals surface area contributed by atoms with Gasteiger partial charge in [0.05, 0.1) is 11.9 Å². The zero-order valence-electron chi connectivity index (χ0n) is 15.9. The first-order valence-electron chi connectivity index (χ1n) is 9.30. The highest BCUT2D eigenvalue weighted by Crippen LogP contribution is 2.29. The SMILES string of the molecule is CCc1ccc(N([C@@H](C)C(=O)NCCSC2CCCC2)S(C)(=O)=O)cc1. The minimum Gasteiger partial charge on any atom is -0.353 e. The predicted molar refractivity (Wildman–Crippen MR) is 110 cm³/mol. The van der Waals surface area contributed by atoms with Gasteiger partial charge in [-0.15, -0.1) is 0 Å². The van der Waals surface area contributed by atoms with Crippen LogP contribution in [0.4, 0.5) is 5.69 Å². The second-order valence-corrected chi connectivity index (χ2v) is 10.1. The summed E-state index contributed by atoms with van der Waals surface area (Å²) in [5, 5.41) is 3.60. The van der Waals surface area contributed by atoms with E-state index in [1.807, 2.05) is 30.8 Å². The first-order chi connectivity index (χ1) is 12.3. The lowest BCUT2D eigenvalue weighted by Crippen LogP contribution is -2.48. The van der Waals surface area contributed by atoms with E-state index >= 15 is 0 Å². The van der Waals surface area contributed by atoms with E-state index < -0.39 is 16.1 Å². The van der Waals surface area contributed by atoms with Crippen LogP contribution in [0.2, 0.25) is 0 Å². The third kappa shape index (κ3) is 5.91. The van der Waals surface area contributed by atoms with Gasteiger partial charge in [-0.2, -0.15) is 11.8 Å². The Balaban J connectivity index is 1.96. The normalized spacial score (nSPS) is 16.4. The quantitative estimate of drug-likeness (QED) is 0.649. The molecule has 26 heavy (non-hydrogen) atoms. The molecule has 1 atom stereocenters. The first-order valence-corrected chi connectivity index (χ1v) is 12.2. The molecule has 0 radical (unpaired) electrons. The molecule has 1 N–H and O–H groups in total. The van der Waals surface area contributed by atoms with Crippen molar-refractivity contribution in [2.45, 2.75) is 57.2 Å². The van der Waals surface area contributed by atoms with E-state index in [2.05, 4.69) is 5.32 Å². The van der Waals surface area contributed by atoms with Crippen molar-refractivity contribution >= 4 is 33.4 Å². The lowest BCUT2D eigenvalue weighted by Gasteiger charge is -2.28. The van der Waals surface area contributed by atoms with Crippen molar-refractivity contribution in [2.24, 2.45) is 0 Å². The second kappa shape index (κ2) is 9.65. The van der Waals surface area contributed by atoms with Gasteiger partial charge in [-0.05, 0) is 43.9 Å². The van der Waals surface area contributed by atoms with Gasteiger partial charge in [-0.25, -0.2) is 8.42 Å². The van der Waals surface area contributed by atoms with Crippen molar-refractivity contribution in [3.63, 3.8) is 0 Å². The average Bonchev–Trinajstić information content (AvgIpc) is 3.11. The molecule has 0 heterocycles. The number of nitrogens with one attached hydrogen (secondary N) is 1. The molecule has 1 aliphatic rings. The number of rotatable bonds is 9. The molecule has 0 spiro atoms. The number of benzene rings is 1. The van der Waals surface area contributed by atoms with Crippen molar-refractivity contribution in [1.82, 2.24) is 5.32 Å². The van der Waals surface area contributed by atoms with Gasteiger partial charge >= 0.3 is 0 Å². The van der Waals surface area contributed by atoms with E-state index in [4.69, 9.17) is 0 Å². The molecule has 0 unspecified atom stereocenters. The number of hydrogen-bond acceptors (Lipinski definition) is 4. The van der Waals surface area contributed by atoms with Crippen molar-refractivity contribution < 1.29 is 13.2 Å². The molecular formula is C19H30N2O3S2. The summed E-state index contributed by atoms with van der Waals surface area (Å²) >= 11 is 1.91. The Bertz CT molecular complexity index is 683. The van der Waals surface area contributed by atoms with Gasteiger partial charge in [-0.3, -0.25) is 9.10 Å². The van der Waals surface area contributed by atoms with Gasteiger partial charge in [-0.1, -0.05) is 31.9 Å². The maximum Gasteiger partial charge on any atom is 0.243 e. The molecule has 1 aliphatic carbocycles.